The van der Waals surface area contributed by atoms with Gasteiger partial charge >= 0.3 is 0 Å². The van der Waals surface area contributed by atoms with E-state index < -0.39 is 0 Å². The van der Waals surface area contributed by atoms with E-state index in [2.05, 4.69) is 62.4 Å². The highest BCUT2D eigenvalue weighted by molar-refractivity contribution is 5.80. The summed E-state index contributed by atoms with van der Waals surface area (Å²) in [6, 6.07) is 6.52. The Hall–Kier alpha value is -1.91. The lowest BCUT2D eigenvalue weighted by Gasteiger charge is -2.28. The number of hydrogen-bond donors (Lipinski definition) is 2. The van der Waals surface area contributed by atoms with Crippen LogP contribution in [0.1, 0.15) is 40.2 Å². The Kier molecular flexibility index (Phi) is 5.39. The van der Waals surface area contributed by atoms with Crippen LogP contribution >= 0.6 is 0 Å². The second-order valence-corrected chi connectivity index (χ2v) is 7.05. The number of hydrogen-bond acceptors (Lipinski definition) is 3. The second-order valence-electron chi connectivity index (χ2n) is 7.05. The fraction of sp³-hybridized carbons (Fsp3) is 0.611. The van der Waals surface area contributed by atoms with Gasteiger partial charge in [0.2, 0.25) is 6.79 Å². The molecule has 2 N–H and O–H groups in total. The lowest BCUT2D eigenvalue weighted by Crippen LogP contribution is -2.47. The average Bonchev–Trinajstić information content (AvgIpc) is 2.98. The van der Waals surface area contributed by atoms with Gasteiger partial charge in [-0.3, -0.25) is 4.99 Å². The van der Waals surface area contributed by atoms with Gasteiger partial charge in [0.25, 0.3) is 0 Å². The van der Waals surface area contributed by atoms with Crippen molar-refractivity contribution in [3.8, 4) is 11.5 Å². The Labute approximate surface area is 139 Å². The number of benzene rings is 1. The first-order chi connectivity index (χ1) is 10.8. The number of nitrogens with one attached hydrogen (secondary N) is 2. The van der Waals surface area contributed by atoms with Gasteiger partial charge in [-0.2, -0.15) is 0 Å². The topological polar surface area (TPSA) is 54.9 Å². The van der Waals surface area contributed by atoms with Crippen LogP contribution < -0.4 is 20.1 Å². The molecule has 0 saturated heterocycles. The second kappa shape index (κ2) is 7.11. The fourth-order valence-electron chi connectivity index (χ4n) is 2.30. The lowest BCUT2D eigenvalue weighted by molar-refractivity contribution is 0.174. The van der Waals surface area contributed by atoms with Crippen molar-refractivity contribution in [3.63, 3.8) is 0 Å². The standard InChI is InChI=1S/C18H29N3O2/c1-12(2)13(3)21-17(19-6)20-10-18(4,5)14-7-8-15-16(9-14)23-11-22-15/h7-9,12-13H,10-11H2,1-6H3,(H2,19,20,21). The molecule has 0 radical (unpaired) electrons. The molecular formula is C18H29N3O2. The first-order valence-corrected chi connectivity index (χ1v) is 8.21. The maximum atomic E-state index is 5.48. The average molecular weight is 319 g/mol. The number of ether oxygens (including phenoxy) is 2. The van der Waals surface area contributed by atoms with E-state index in [1.54, 1.807) is 7.05 Å². The van der Waals surface area contributed by atoms with E-state index in [1.165, 1.54) is 5.56 Å². The van der Waals surface area contributed by atoms with E-state index >= 15 is 0 Å². The van der Waals surface area contributed by atoms with Crippen molar-refractivity contribution in [2.24, 2.45) is 10.9 Å². The number of rotatable bonds is 5. The van der Waals surface area contributed by atoms with Gasteiger partial charge in [0.15, 0.2) is 17.5 Å². The van der Waals surface area contributed by atoms with Crippen LogP contribution in [0, 0.1) is 5.92 Å². The van der Waals surface area contributed by atoms with Crippen molar-refractivity contribution >= 4 is 5.96 Å². The molecule has 0 spiro atoms. The van der Waals surface area contributed by atoms with Gasteiger partial charge in [-0.05, 0) is 30.5 Å². The van der Waals surface area contributed by atoms with Crippen molar-refractivity contribution in [2.75, 3.05) is 20.4 Å². The summed E-state index contributed by atoms with van der Waals surface area (Å²) in [6.45, 7) is 12.1. The highest BCUT2D eigenvalue weighted by Crippen LogP contribution is 2.36. The van der Waals surface area contributed by atoms with E-state index in [-0.39, 0.29) is 5.41 Å². The number of guanidine groups is 1. The molecule has 1 aliphatic rings. The van der Waals surface area contributed by atoms with Gasteiger partial charge in [0.05, 0.1) is 0 Å². The summed E-state index contributed by atoms with van der Waals surface area (Å²) in [4.78, 5) is 4.31. The molecule has 1 aliphatic heterocycles. The third kappa shape index (κ3) is 4.30. The van der Waals surface area contributed by atoms with Gasteiger partial charge in [0.1, 0.15) is 0 Å². The molecule has 0 saturated carbocycles. The first-order valence-electron chi connectivity index (χ1n) is 8.21. The van der Waals surface area contributed by atoms with Gasteiger partial charge in [-0.25, -0.2) is 0 Å². The molecule has 0 amide bonds. The van der Waals surface area contributed by atoms with Crippen LogP contribution in [-0.2, 0) is 5.41 Å². The summed E-state index contributed by atoms with van der Waals surface area (Å²) in [5.41, 5.74) is 1.15. The predicted molar refractivity (Wildman–Crippen MR) is 94.4 cm³/mol. The maximum Gasteiger partial charge on any atom is 0.231 e. The minimum absolute atomic E-state index is 0.0559. The number of fused-ring (bicyclic) bond motifs is 1. The zero-order valence-electron chi connectivity index (χ0n) is 15.1. The largest absolute Gasteiger partial charge is 0.454 e. The zero-order valence-corrected chi connectivity index (χ0v) is 15.1. The first kappa shape index (κ1) is 17.4. The fourth-order valence-corrected chi connectivity index (χ4v) is 2.30. The third-order valence-electron chi connectivity index (χ3n) is 4.44. The number of nitrogens with zero attached hydrogens (tertiary/aromatic N) is 1. The van der Waals surface area contributed by atoms with E-state index in [9.17, 15) is 0 Å². The van der Waals surface area contributed by atoms with Crippen LogP contribution in [0.15, 0.2) is 23.2 Å². The Balaban J connectivity index is 2.00. The Morgan fingerprint density at radius 2 is 1.91 bits per heavy atom. The molecule has 1 aromatic rings. The van der Waals surface area contributed by atoms with Gasteiger partial charge in [-0.15, -0.1) is 0 Å². The van der Waals surface area contributed by atoms with Crippen LogP contribution in [0.2, 0.25) is 0 Å². The normalized spacial score (nSPS) is 15.7. The van der Waals surface area contributed by atoms with Crippen LogP contribution in [-0.4, -0.2) is 32.4 Å². The minimum atomic E-state index is -0.0559. The molecule has 0 aliphatic carbocycles. The molecule has 0 aromatic heterocycles. The summed E-state index contributed by atoms with van der Waals surface area (Å²) in [7, 11) is 1.80. The van der Waals surface area contributed by atoms with Crippen LogP contribution in [0.5, 0.6) is 11.5 Å². The van der Waals surface area contributed by atoms with Crippen molar-refractivity contribution in [2.45, 2.75) is 46.1 Å². The zero-order chi connectivity index (χ0) is 17.0. The van der Waals surface area contributed by atoms with Crippen molar-refractivity contribution in [3.05, 3.63) is 23.8 Å². The van der Waals surface area contributed by atoms with Gasteiger partial charge in [-0.1, -0.05) is 33.8 Å². The summed E-state index contributed by atoms with van der Waals surface area (Å²) < 4.78 is 10.9. The molecule has 1 heterocycles. The van der Waals surface area contributed by atoms with Crippen LogP contribution in [0.4, 0.5) is 0 Å². The lowest BCUT2D eigenvalue weighted by atomic mass is 9.84. The van der Waals surface area contributed by atoms with E-state index in [4.69, 9.17) is 9.47 Å². The van der Waals surface area contributed by atoms with Crippen molar-refractivity contribution in [1.82, 2.24) is 10.6 Å². The maximum absolute atomic E-state index is 5.48. The third-order valence-corrected chi connectivity index (χ3v) is 4.44. The summed E-state index contributed by atoms with van der Waals surface area (Å²) >= 11 is 0. The molecular weight excluding hydrogens is 290 g/mol. The highest BCUT2D eigenvalue weighted by Gasteiger charge is 2.24. The molecule has 5 heteroatoms. The van der Waals surface area contributed by atoms with Crippen LogP contribution in [0.25, 0.3) is 0 Å². The molecule has 2 rings (SSSR count). The Bertz CT molecular complexity index is 567. The van der Waals surface area contributed by atoms with E-state index in [1.807, 2.05) is 6.07 Å². The number of aliphatic imine (C=N–C) groups is 1. The quantitative estimate of drug-likeness (QED) is 0.647. The Morgan fingerprint density at radius 3 is 2.57 bits per heavy atom. The SMILES string of the molecule is CN=C(NCC(C)(C)c1ccc2c(c1)OCO2)NC(C)C(C)C. The summed E-state index contributed by atoms with van der Waals surface area (Å²) in [6.07, 6.45) is 0. The molecule has 1 aromatic carbocycles. The molecule has 1 atom stereocenters. The highest BCUT2D eigenvalue weighted by atomic mass is 16.7. The Morgan fingerprint density at radius 1 is 1.22 bits per heavy atom. The van der Waals surface area contributed by atoms with E-state index in [0.717, 1.165) is 24.0 Å². The van der Waals surface area contributed by atoms with Crippen LogP contribution in [0.3, 0.4) is 0 Å². The van der Waals surface area contributed by atoms with Crippen molar-refractivity contribution < 1.29 is 9.47 Å². The molecule has 23 heavy (non-hydrogen) atoms. The molecule has 1 unspecified atom stereocenters. The smallest absolute Gasteiger partial charge is 0.231 e. The minimum Gasteiger partial charge on any atom is -0.454 e. The summed E-state index contributed by atoms with van der Waals surface area (Å²) in [5.74, 6) is 3.03. The predicted octanol–water partition coefficient (Wildman–Crippen LogP) is 2.90. The monoisotopic (exact) mass is 319 g/mol. The van der Waals surface area contributed by atoms with Gasteiger partial charge in [0, 0.05) is 25.0 Å². The molecule has 0 bridgehead atoms. The molecule has 128 valence electrons. The molecule has 5 nitrogen and oxygen atoms in total. The van der Waals surface area contributed by atoms with Crippen molar-refractivity contribution in [1.29, 1.82) is 0 Å². The summed E-state index contributed by atoms with van der Waals surface area (Å²) in [5, 5.41) is 6.85. The van der Waals surface area contributed by atoms with E-state index in [0.29, 0.717) is 18.8 Å². The van der Waals surface area contributed by atoms with Gasteiger partial charge < -0.3 is 20.1 Å². The molecule has 0 fully saturated rings.